The van der Waals surface area contributed by atoms with E-state index in [-0.39, 0.29) is 18.3 Å². The smallest absolute Gasteiger partial charge is 0.276 e. The van der Waals surface area contributed by atoms with Gasteiger partial charge in [0.05, 0.1) is 13.2 Å². The number of aryl methyl sites for hydroxylation is 1. The molecule has 1 aromatic heterocycles. The molecule has 0 radical (unpaired) electrons. The lowest BCUT2D eigenvalue weighted by atomic mass is 10.2. The first kappa shape index (κ1) is 27.7. The van der Waals surface area contributed by atoms with Crippen molar-refractivity contribution in [2.45, 2.75) is 53.8 Å². The van der Waals surface area contributed by atoms with E-state index in [1.165, 1.54) is 5.56 Å². The molecule has 6 nitrogen and oxygen atoms in total. The third kappa shape index (κ3) is 8.05. The molecule has 2 aromatic carbocycles. The number of benzene rings is 2. The molecule has 0 saturated heterocycles. The van der Waals surface area contributed by atoms with Gasteiger partial charge in [0.25, 0.3) is 5.91 Å². The van der Waals surface area contributed by atoms with Gasteiger partial charge in [0, 0.05) is 34.6 Å². The van der Waals surface area contributed by atoms with Crippen LogP contribution in [0.25, 0.3) is 0 Å². The van der Waals surface area contributed by atoms with Crippen molar-refractivity contribution in [1.82, 2.24) is 15.1 Å². The standard InChI is InChI=1S/C26H33ClN4O2.ClH/c1-17(2)16-33-25-11-8-22(27)13-21(25)15-31-19(5)12-24(30-31)26(32)29-23-9-6-20(7-10-23)14-28-18(3)4;/h6-13,17-18,28H,14-16H2,1-5H3,(H,29,32);1H. The van der Waals surface area contributed by atoms with Gasteiger partial charge in [0.2, 0.25) is 0 Å². The molecule has 3 rings (SSSR count). The van der Waals surface area contributed by atoms with Crippen LogP contribution in [0.4, 0.5) is 5.69 Å². The maximum Gasteiger partial charge on any atom is 0.276 e. The summed E-state index contributed by atoms with van der Waals surface area (Å²) >= 11 is 6.22. The van der Waals surface area contributed by atoms with Crippen LogP contribution in [0.2, 0.25) is 5.02 Å². The zero-order chi connectivity index (χ0) is 24.0. The van der Waals surface area contributed by atoms with E-state index in [0.717, 1.165) is 29.2 Å². The molecule has 0 saturated carbocycles. The van der Waals surface area contributed by atoms with E-state index >= 15 is 0 Å². The summed E-state index contributed by atoms with van der Waals surface area (Å²) in [4.78, 5) is 12.8. The highest BCUT2D eigenvalue weighted by atomic mass is 35.5. The highest BCUT2D eigenvalue weighted by molar-refractivity contribution is 6.30. The minimum atomic E-state index is -0.243. The van der Waals surface area contributed by atoms with Gasteiger partial charge >= 0.3 is 0 Å². The van der Waals surface area contributed by atoms with E-state index in [4.69, 9.17) is 16.3 Å². The van der Waals surface area contributed by atoms with E-state index in [0.29, 0.717) is 35.8 Å². The van der Waals surface area contributed by atoms with Crippen molar-refractivity contribution in [3.63, 3.8) is 0 Å². The highest BCUT2D eigenvalue weighted by Crippen LogP contribution is 2.25. The van der Waals surface area contributed by atoms with Crippen LogP contribution in [0.15, 0.2) is 48.5 Å². The number of carbonyl (C=O) groups is 1. The lowest BCUT2D eigenvalue weighted by Crippen LogP contribution is -2.21. The molecule has 1 amide bonds. The number of hydrogen-bond donors (Lipinski definition) is 2. The van der Waals surface area contributed by atoms with Crippen molar-refractivity contribution in [2.75, 3.05) is 11.9 Å². The zero-order valence-corrected chi connectivity index (χ0v) is 22.0. The first-order chi connectivity index (χ1) is 15.7. The van der Waals surface area contributed by atoms with Crippen LogP contribution in [-0.2, 0) is 13.1 Å². The molecule has 3 aromatic rings. The van der Waals surface area contributed by atoms with Crippen molar-refractivity contribution in [1.29, 1.82) is 0 Å². The zero-order valence-electron chi connectivity index (χ0n) is 20.4. The van der Waals surface area contributed by atoms with Crippen LogP contribution in [-0.4, -0.2) is 28.3 Å². The Kier molecular flexibility index (Phi) is 10.4. The molecule has 1 heterocycles. The molecule has 8 heteroatoms. The van der Waals surface area contributed by atoms with Crippen molar-refractivity contribution >= 4 is 35.6 Å². The quantitative estimate of drug-likeness (QED) is 0.349. The van der Waals surface area contributed by atoms with E-state index < -0.39 is 0 Å². The number of halogens is 2. The molecule has 0 aliphatic heterocycles. The van der Waals surface area contributed by atoms with Crippen LogP contribution in [0.5, 0.6) is 5.75 Å². The molecule has 0 atom stereocenters. The Morgan fingerprint density at radius 1 is 1.09 bits per heavy atom. The number of anilines is 1. The van der Waals surface area contributed by atoms with Gasteiger partial charge in [-0.15, -0.1) is 12.4 Å². The third-order valence-electron chi connectivity index (χ3n) is 5.05. The highest BCUT2D eigenvalue weighted by Gasteiger charge is 2.15. The fourth-order valence-corrected chi connectivity index (χ4v) is 3.43. The summed E-state index contributed by atoms with van der Waals surface area (Å²) in [6.45, 7) is 12.2. The van der Waals surface area contributed by atoms with Crippen LogP contribution in [0.3, 0.4) is 0 Å². The number of carbonyl (C=O) groups excluding carboxylic acids is 1. The van der Waals surface area contributed by atoms with Gasteiger partial charge < -0.3 is 15.4 Å². The van der Waals surface area contributed by atoms with E-state index in [1.807, 2.05) is 49.4 Å². The number of aromatic nitrogens is 2. The monoisotopic (exact) mass is 504 g/mol. The predicted molar refractivity (Wildman–Crippen MR) is 141 cm³/mol. The van der Waals surface area contributed by atoms with Gasteiger partial charge in [-0.25, -0.2) is 0 Å². The SMILES string of the molecule is Cc1cc(C(=O)Nc2ccc(CNC(C)C)cc2)nn1Cc1cc(Cl)ccc1OCC(C)C.Cl. The number of amides is 1. The predicted octanol–water partition coefficient (Wildman–Crippen LogP) is 6.10. The molecule has 0 spiro atoms. The van der Waals surface area contributed by atoms with Crippen molar-refractivity contribution < 1.29 is 9.53 Å². The number of nitrogens with zero attached hydrogens (tertiary/aromatic N) is 2. The topological polar surface area (TPSA) is 68.2 Å². The second-order valence-electron chi connectivity index (χ2n) is 8.97. The van der Waals surface area contributed by atoms with Crippen molar-refractivity contribution in [2.24, 2.45) is 5.92 Å². The number of ether oxygens (including phenoxy) is 1. The molecule has 0 unspecified atom stereocenters. The number of rotatable bonds is 10. The van der Waals surface area contributed by atoms with Crippen molar-refractivity contribution in [3.05, 3.63) is 76.1 Å². The fourth-order valence-electron chi connectivity index (χ4n) is 3.23. The Morgan fingerprint density at radius 2 is 1.79 bits per heavy atom. The van der Waals surface area contributed by atoms with Crippen molar-refractivity contribution in [3.8, 4) is 5.75 Å². The average Bonchev–Trinajstić information content (AvgIpc) is 3.13. The van der Waals surface area contributed by atoms with Crippen LogP contribution in [0, 0.1) is 12.8 Å². The van der Waals surface area contributed by atoms with Gasteiger partial charge in [-0.1, -0.05) is 51.4 Å². The summed E-state index contributed by atoms with van der Waals surface area (Å²) in [5, 5.41) is 11.5. The Balaban J connectivity index is 0.00000408. The summed E-state index contributed by atoms with van der Waals surface area (Å²) in [6.07, 6.45) is 0. The van der Waals surface area contributed by atoms with E-state index in [9.17, 15) is 4.79 Å². The van der Waals surface area contributed by atoms with Gasteiger partial charge in [0.1, 0.15) is 5.75 Å². The maximum absolute atomic E-state index is 12.8. The molecule has 0 fully saturated rings. The average molecular weight is 505 g/mol. The first-order valence-corrected chi connectivity index (χ1v) is 11.7. The minimum absolute atomic E-state index is 0. The molecule has 184 valence electrons. The summed E-state index contributed by atoms with van der Waals surface area (Å²) < 4.78 is 7.75. The molecule has 0 aliphatic carbocycles. The second kappa shape index (κ2) is 12.8. The molecule has 0 aliphatic rings. The van der Waals surface area contributed by atoms with Gasteiger partial charge in [0.15, 0.2) is 5.69 Å². The molecule has 34 heavy (non-hydrogen) atoms. The lowest BCUT2D eigenvalue weighted by Gasteiger charge is -2.14. The van der Waals surface area contributed by atoms with Gasteiger partial charge in [-0.3, -0.25) is 9.48 Å². The first-order valence-electron chi connectivity index (χ1n) is 11.3. The van der Waals surface area contributed by atoms with Crippen LogP contribution < -0.4 is 15.4 Å². The Bertz CT molecular complexity index is 1080. The van der Waals surface area contributed by atoms with Crippen LogP contribution >= 0.6 is 24.0 Å². The van der Waals surface area contributed by atoms with Crippen LogP contribution in [0.1, 0.15) is 55.0 Å². The molecule has 0 bridgehead atoms. The summed E-state index contributed by atoms with van der Waals surface area (Å²) in [7, 11) is 0. The maximum atomic E-state index is 12.8. The Morgan fingerprint density at radius 3 is 2.44 bits per heavy atom. The normalized spacial score (nSPS) is 10.9. The molecule has 2 N–H and O–H groups in total. The van der Waals surface area contributed by atoms with E-state index in [2.05, 4.69) is 43.4 Å². The number of nitrogens with one attached hydrogen (secondary N) is 2. The largest absolute Gasteiger partial charge is 0.493 e. The van der Waals surface area contributed by atoms with Gasteiger partial charge in [-0.05, 0) is 54.8 Å². The fraction of sp³-hybridized carbons (Fsp3) is 0.385. The van der Waals surface area contributed by atoms with E-state index in [1.54, 1.807) is 10.7 Å². The lowest BCUT2D eigenvalue weighted by molar-refractivity contribution is 0.102. The van der Waals surface area contributed by atoms with Gasteiger partial charge in [-0.2, -0.15) is 5.10 Å². The third-order valence-corrected chi connectivity index (χ3v) is 5.29. The molecular formula is C26H34Cl2N4O2. The Hall–Kier alpha value is -2.54. The minimum Gasteiger partial charge on any atom is -0.493 e. The summed E-state index contributed by atoms with van der Waals surface area (Å²) in [5.41, 5.74) is 4.07. The number of hydrogen-bond acceptors (Lipinski definition) is 4. The summed E-state index contributed by atoms with van der Waals surface area (Å²) in [5.74, 6) is 0.948. The summed E-state index contributed by atoms with van der Waals surface area (Å²) in [6, 6.07) is 15.6. The second-order valence-corrected chi connectivity index (χ2v) is 9.41. The Labute approximate surface area is 213 Å². The molecular weight excluding hydrogens is 471 g/mol.